The number of hydrogen-bond acceptors (Lipinski definition) is 2. The summed E-state index contributed by atoms with van der Waals surface area (Å²) in [6, 6.07) is 0. The van der Waals surface area contributed by atoms with E-state index in [0.717, 1.165) is 0 Å². The van der Waals surface area contributed by atoms with E-state index < -0.39 is 26.3 Å². The Morgan fingerprint density at radius 1 is 1.12 bits per heavy atom. The number of nitrogens with one attached hydrogen (secondary N) is 2. The second-order valence-electron chi connectivity index (χ2n) is 2.49. The maximum Gasteiger partial charge on any atom is 0.462 e. The van der Waals surface area contributed by atoms with Crippen molar-refractivity contribution in [3.63, 3.8) is 0 Å². The molecule has 0 amide bonds. The largest absolute Gasteiger partial charge is 0.462 e. The molecule has 0 aromatic carbocycles. The van der Waals surface area contributed by atoms with Crippen molar-refractivity contribution in [1.29, 1.82) is 0 Å². The zero-order valence-corrected chi connectivity index (χ0v) is 10.2. The van der Waals surface area contributed by atoms with Gasteiger partial charge in [0, 0.05) is 8.51 Å². The lowest BCUT2D eigenvalue weighted by Crippen LogP contribution is -2.54. The van der Waals surface area contributed by atoms with Crippen molar-refractivity contribution in [2.75, 3.05) is 0 Å². The molecule has 0 radical (unpaired) electrons. The predicted octanol–water partition coefficient (Wildman–Crippen LogP) is 3.68. The van der Waals surface area contributed by atoms with E-state index in [9.17, 15) is 30.7 Å². The van der Waals surface area contributed by atoms with E-state index in [1.165, 1.54) is 0 Å². The maximum absolute atomic E-state index is 12.7. The molecule has 2 N–H and O–H groups in total. The molecular formula is C3H3F7N3OP3. The SMILES string of the molecule is FC(F)(F)C(F)(F)C(F)(F)Op1np[nH][pH][nH]1. The lowest BCUT2D eigenvalue weighted by Gasteiger charge is -2.26. The first-order valence-electron chi connectivity index (χ1n) is 3.56. The van der Waals surface area contributed by atoms with Crippen molar-refractivity contribution in [2.24, 2.45) is 0 Å². The van der Waals surface area contributed by atoms with Crippen LogP contribution in [0.3, 0.4) is 0 Å². The second-order valence-corrected chi connectivity index (χ2v) is 6.17. The second kappa shape index (κ2) is 4.80. The predicted molar refractivity (Wildman–Crippen MR) is 47.8 cm³/mol. The molecule has 1 aromatic rings. The Morgan fingerprint density at radius 3 is 2.12 bits per heavy atom. The number of nitrogens with zero attached hydrogens (tertiary/aromatic N) is 1. The summed E-state index contributed by atoms with van der Waals surface area (Å²) in [6.07, 6.45) is -12.1. The molecule has 0 fully saturated rings. The van der Waals surface area contributed by atoms with E-state index in [2.05, 4.69) is 18.1 Å². The number of aromatic amines is 2. The number of H-pyrrole nitrogens is 2. The smallest absolute Gasteiger partial charge is 0.302 e. The Balaban J connectivity index is 2.96. The van der Waals surface area contributed by atoms with Gasteiger partial charge in [-0.1, -0.05) is 0 Å². The highest BCUT2D eigenvalue weighted by Crippen LogP contribution is 2.47. The Labute approximate surface area is 93.0 Å². The average molecular weight is 323 g/mol. The fourth-order valence-electron chi connectivity index (χ4n) is 0.555. The molecule has 1 rings (SSSR count). The third kappa shape index (κ3) is 3.16. The first kappa shape index (κ1) is 14.8. The Morgan fingerprint density at radius 2 is 1.71 bits per heavy atom. The normalized spacial score (nSPS) is 15.8. The molecule has 17 heavy (non-hydrogen) atoms. The molecule has 0 saturated heterocycles. The summed E-state index contributed by atoms with van der Waals surface area (Å²) in [6.45, 7) is 0. The highest BCUT2D eigenvalue weighted by atomic mass is 31.2. The van der Waals surface area contributed by atoms with Crippen LogP contribution >= 0.6 is 25.1 Å². The van der Waals surface area contributed by atoms with Gasteiger partial charge < -0.3 is 4.51 Å². The summed E-state index contributed by atoms with van der Waals surface area (Å²) in [5, 5.41) is 0. The fourth-order valence-corrected chi connectivity index (χ4v) is 3.94. The van der Waals surface area contributed by atoms with Crippen molar-refractivity contribution in [3.8, 4) is 0 Å². The number of hydrogen-bond donors (Lipinski definition) is 2. The molecule has 0 aliphatic heterocycles. The van der Waals surface area contributed by atoms with Gasteiger partial charge >= 0.3 is 18.2 Å². The van der Waals surface area contributed by atoms with Crippen molar-refractivity contribution >= 4 is 25.1 Å². The van der Waals surface area contributed by atoms with E-state index in [0.29, 0.717) is 0 Å². The van der Waals surface area contributed by atoms with Crippen LogP contribution in [0.4, 0.5) is 30.7 Å². The van der Waals surface area contributed by atoms with Gasteiger partial charge in [-0.3, -0.25) is 4.51 Å². The van der Waals surface area contributed by atoms with Crippen LogP contribution < -0.4 is 4.52 Å². The van der Waals surface area contributed by atoms with Gasteiger partial charge in [0.25, 0.3) is 0 Å². The monoisotopic (exact) mass is 323 g/mol. The van der Waals surface area contributed by atoms with Crippen molar-refractivity contribution < 1.29 is 35.3 Å². The molecule has 100 valence electrons. The quantitative estimate of drug-likeness (QED) is 0.834. The molecule has 1 heterocycles. The molecule has 1 aromatic heterocycles. The molecule has 0 bridgehead atoms. The van der Waals surface area contributed by atoms with Crippen LogP contribution in [-0.4, -0.2) is 31.7 Å². The molecular weight excluding hydrogens is 320 g/mol. The Bertz CT molecular complexity index is 385. The number of alkyl halides is 7. The van der Waals surface area contributed by atoms with Crippen molar-refractivity contribution in [3.05, 3.63) is 0 Å². The summed E-state index contributed by atoms with van der Waals surface area (Å²) in [5.74, 6) is -6.27. The lowest BCUT2D eigenvalue weighted by atomic mass is 10.3. The van der Waals surface area contributed by atoms with Gasteiger partial charge in [0.05, 0.1) is 0 Å². The molecule has 0 aliphatic rings. The molecule has 4 nitrogen and oxygen atoms in total. The first-order valence-corrected chi connectivity index (χ1v) is 6.62. The van der Waals surface area contributed by atoms with Gasteiger partial charge in [-0.2, -0.15) is 35.2 Å². The zero-order chi connectivity index (χ0) is 13.3. The molecule has 0 saturated carbocycles. The van der Waals surface area contributed by atoms with Crippen LogP contribution in [0.2, 0.25) is 0 Å². The average Bonchev–Trinajstić information content (AvgIpc) is 2.16. The fraction of sp³-hybridized carbons (Fsp3) is 1.00. The van der Waals surface area contributed by atoms with E-state index >= 15 is 0 Å². The highest BCUT2D eigenvalue weighted by molar-refractivity contribution is 7.50. The van der Waals surface area contributed by atoms with Crippen molar-refractivity contribution in [2.45, 2.75) is 18.2 Å². The zero-order valence-electron chi connectivity index (χ0n) is 7.40. The third-order valence-electron chi connectivity index (χ3n) is 1.31. The van der Waals surface area contributed by atoms with Crippen LogP contribution in [0.25, 0.3) is 0 Å². The maximum atomic E-state index is 12.7. The molecule has 0 aliphatic carbocycles. The van der Waals surface area contributed by atoms with Crippen LogP contribution in [0.5, 0.6) is 0 Å². The van der Waals surface area contributed by atoms with Crippen molar-refractivity contribution in [1.82, 2.24) is 13.5 Å². The van der Waals surface area contributed by atoms with E-state index in [-0.39, 0.29) is 17.0 Å². The lowest BCUT2D eigenvalue weighted by molar-refractivity contribution is -0.394. The summed E-state index contributed by atoms with van der Waals surface area (Å²) in [7, 11) is -2.84. The Kier molecular flexibility index (Phi) is 4.19. The minimum Gasteiger partial charge on any atom is -0.302 e. The number of halogens is 7. The van der Waals surface area contributed by atoms with Crippen LogP contribution in [0.1, 0.15) is 0 Å². The van der Waals surface area contributed by atoms with Gasteiger partial charge in [0.2, 0.25) is 8.08 Å². The summed E-state index contributed by atoms with van der Waals surface area (Å²) in [5.41, 5.74) is 0. The molecule has 2 atom stereocenters. The van der Waals surface area contributed by atoms with Crippen LogP contribution in [-0.2, 0) is 0 Å². The van der Waals surface area contributed by atoms with E-state index in [1.807, 2.05) is 0 Å². The minimum atomic E-state index is -6.40. The summed E-state index contributed by atoms with van der Waals surface area (Å²) >= 11 is 0. The van der Waals surface area contributed by atoms with Gasteiger partial charge in [0.1, 0.15) is 8.51 Å². The van der Waals surface area contributed by atoms with Gasteiger partial charge in [-0.15, -0.1) is 0 Å². The number of rotatable bonds is 3. The van der Waals surface area contributed by atoms with Gasteiger partial charge in [0.15, 0.2) is 0 Å². The highest BCUT2D eigenvalue weighted by Gasteiger charge is 2.75. The third-order valence-corrected chi connectivity index (χ3v) is 4.78. The summed E-state index contributed by atoms with van der Waals surface area (Å²) < 4.78 is 96.5. The first-order chi connectivity index (χ1) is 7.58. The molecule has 2 unspecified atom stereocenters. The molecule has 0 spiro atoms. The number of aromatic nitrogens is 3. The van der Waals surface area contributed by atoms with E-state index in [4.69, 9.17) is 0 Å². The standard InChI is InChI=1S/C3H3F7N3OP3/c4-1(5,2(6,7)8)3(9,10)14-17-12-15-11-16-13-17/h12,15H,(H,11,13). The van der Waals surface area contributed by atoms with Crippen LogP contribution in [0.15, 0.2) is 0 Å². The molecule has 14 heteroatoms. The van der Waals surface area contributed by atoms with Crippen LogP contribution in [0, 0.1) is 0 Å². The van der Waals surface area contributed by atoms with Gasteiger partial charge in [-0.05, 0) is 0 Å². The minimum absolute atomic E-state index is 0.0691. The topological polar surface area (TPSA) is 53.7 Å². The van der Waals surface area contributed by atoms with Gasteiger partial charge in [-0.25, -0.2) is 4.52 Å². The summed E-state index contributed by atoms with van der Waals surface area (Å²) in [4.78, 5) is 0. The Hall–Kier alpha value is -0.230. The van der Waals surface area contributed by atoms with E-state index in [1.54, 1.807) is 0 Å².